The number of aromatic hydroxyl groups is 1. The van der Waals surface area contributed by atoms with Gasteiger partial charge >= 0.3 is 5.97 Å². The number of phenols is 1. The summed E-state index contributed by atoms with van der Waals surface area (Å²) in [5.41, 5.74) is 3.12. The van der Waals surface area contributed by atoms with Gasteiger partial charge in [-0.25, -0.2) is 0 Å². The minimum Gasteiger partial charge on any atom is -0.507 e. The predicted octanol–water partition coefficient (Wildman–Crippen LogP) is 5.89. The Kier molecular flexibility index (Phi) is 6.22. The third-order valence-corrected chi connectivity index (χ3v) is 6.01. The number of carbonyl (C=O) groups excluding carboxylic acids is 1. The molecule has 0 saturated heterocycles. The Morgan fingerprint density at radius 1 is 1.07 bits per heavy atom. The van der Waals surface area contributed by atoms with Gasteiger partial charge in [0, 0.05) is 17.4 Å². The lowest BCUT2D eigenvalue weighted by molar-refractivity contribution is -0.140. The van der Waals surface area contributed by atoms with E-state index in [1.54, 1.807) is 6.07 Å². The van der Waals surface area contributed by atoms with Crippen LogP contribution in [0.1, 0.15) is 37.7 Å². The lowest BCUT2D eigenvalue weighted by atomic mass is 9.97. The van der Waals surface area contributed by atoms with Gasteiger partial charge in [0.1, 0.15) is 11.5 Å². The van der Waals surface area contributed by atoms with E-state index >= 15 is 0 Å². The number of rotatable bonds is 7. The normalized spacial score (nSPS) is 14.2. The minimum absolute atomic E-state index is 0.209. The molecule has 156 valence electrons. The van der Waals surface area contributed by atoms with Gasteiger partial charge in [0.25, 0.3) is 0 Å². The topological polar surface area (TPSA) is 55.8 Å². The highest BCUT2D eigenvalue weighted by molar-refractivity contribution is 5.92. The third-order valence-electron chi connectivity index (χ3n) is 6.01. The van der Waals surface area contributed by atoms with Gasteiger partial charge in [0.05, 0.1) is 13.7 Å². The molecule has 1 aliphatic rings. The zero-order chi connectivity index (χ0) is 20.9. The van der Waals surface area contributed by atoms with Gasteiger partial charge in [0.15, 0.2) is 0 Å². The molecule has 1 N–H and O–H groups in total. The van der Waals surface area contributed by atoms with E-state index in [4.69, 9.17) is 9.47 Å². The number of hydrogen-bond acceptors (Lipinski definition) is 4. The van der Waals surface area contributed by atoms with E-state index in [0.717, 1.165) is 39.8 Å². The maximum Gasteiger partial charge on any atom is 0.305 e. The first-order valence-corrected chi connectivity index (χ1v) is 10.7. The highest BCUT2D eigenvalue weighted by Gasteiger charge is 2.17. The van der Waals surface area contributed by atoms with E-state index in [2.05, 4.69) is 12.1 Å². The van der Waals surface area contributed by atoms with Crippen molar-refractivity contribution in [2.45, 2.75) is 38.5 Å². The Labute approximate surface area is 177 Å². The van der Waals surface area contributed by atoms with Crippen molar-refractivity contribution in [2.75, 3.05) is 13.7 Å². The Morgan fingerprint density at radius 2 is 1.90 bits per heavy atom. The van der Waals surface area contributed by atoms with Crippen LogP contribution < -0.4 is 4.74 Å². The monoisotopic (exact) mass is 404 g/mol. The number of benzene rings is 3. The maximum atomic E-state index is 11.6. The van der Waals surface area contributed by atoms with Gasteiger partial charge in [-0.05, 0) is 66.0 Å². The molecule has 0 bridgehead atoms. The van der Waals surface area contributed by atoms with Crippen LogP contribution in [0.5, 0.6) is 11.5 Å². The van der Waals surface area contributed by atoms with Gasteiger partial charge in [-0.1, -0.05) is 43.2 Å². The maximum absolute atomic E-state index is 11.6. The first-order chi connectivity index (χ1) is 14.6. The molecule has 1 aliphatic carbocycles. The second kappa shape index (κ2) is 9.21. The van der Waals surface area contributed by atoms with Gasteiger partial charge in [-0.2, -0.15) is 0 Å². The minimum atomic E-state index is -0.209. The molecule has 3 aromatic rings. The number of hydrogen-bond donors (Lipinski definition) is 1. The molecule has 1 fully saturated rings. The summed E-state index contributed by atoms with van der Waals surface area (Å²) in [5.74, 6) is 1.57. The Balaban J connectivity index is 1.66. The van der Waals surface area contributed by atoms with Crippen molar-refractivity contribution in [2.24, 2.45) is 5.92 Å². The summed E-state index contributed by atoms with van der Waals surface area (Å²) in [6.07, 6.45) is 6.04. The van der Waals surface area contributed by atoms with Crippen molar-refractivity contribution in [1.82, 2.24) is 0 Å². The fraction of sp³-hybridized carbons (Fsp3) is 0.346. The van der Waals surface area contributed by atoms with Crippen LogP contribution in [0.2, 0.25) is 0 Å². The summed E-state index contributed by atoms with van der Waals surface area (Å²) in [5, 5.41) is 11.9. The average molecular weight is 405 g/mol. The van der Waals surface area contributed by atoms with E-state index in [0.29, 0.717) is 18.8 Å². The van der Waals surface area contributed by atoms with Gasteiger partial charge in [0.2, 0.25) is 0 Å². The largest absolute Gasteiger partial charge is 0.507 e. The molecule has 0 unspecified atom stereocenters. The molecule has 30 heavy (non-hydrogen) atoms. The van der Waals surface area contributed by atoms with Gasteiger partial charge in [-0.3, -0.25) is 4.79 Å². The molecule has 0 heterocycles. The molecule has 3 aromatic carbocycles. The Bertz CT molecular complexity index is 1030. The Morgan fingerprint density at radius 3 is 2.70 bits per heavy atom. The second-order valence-corrected chi connectivity index (χ2v) is 8.08. The van der Waals surface area contributed by atoms with Crippen LogP contribution in [0.25, 0.3) is 21.9 Å². The summed E-state index contributed by atoms with van der Waals surface area (Å²) in [4.78, 5) is 11.6. The summed E-state index contributed by atoms with van der Waals surface area (Å²) in [6.45, 7) is 0.739. The van der Waals surface area contributed by atoms with Gasteiger partial charge < -0.3 is 14.6 Å². The van der Waals surface area contributed by atoms with Crippen molar-refractivity contribution in [1.29, 1.82) is 0 Å². The number of carbonyl (C=O) groups is 1. The van der Waals surface area contributed by atoms with E-state index in [9.17, 15) is 9.90 Å². The quantitative estimate of drug-likeness (QED) is 0.499. The molecule has 4 heteroatoms. The van der Waals surface area contributed by atoms with Crippen molar-refractivity contribution in [3.63, 3.8) is 0 Å². The Hall–Kier alpha value is -3.01. The van der Waals surface area contributed by atoms with E-state index in [-0.39, 0.29) is 11.7 Å². The average Bonchev–Trinajstić information content (AvgIpc) is 3.30. The van der Waals surface area contributed by atoms with Crippen LogP contribution in [0.15, 0.2) is 54.6 Å². The molecule has 0 amide bonds. The molecule has 4 nitrogen and oxygen atoms in total. The van der Waals surface area contributed by atoms with E-state index < -0.39 is 0 Å². The lowest BCUT2D eigenvalue weighted by Gasteiger charge is -2.17. The van der Waals surface area contributed by atoms with Crippen LogP contribution >= 0.6 is 0 Å². The zero-order valence-corrected chi connectivity index (χ0v) is 17.4. The molecule has 0 atom stereocenters. The molecule has 0 radical (unpaired) electrons. The first kappa shape index (κ1) is 20.3. The first-order valence-electron chi connectivity index (χ1n) is 10.7. The van der Waals surface area contributed by atoms with Crippen molar-refractivity contribution in [3.8, 4) is 22.6 Å². The summed E-state index contributed by atoms with van der Waals surface area (Å²) < 4.78 is 11.1. The van der Waals surface area contributed by atoms with E-state index in [1.165, 1.54) is 32.8 Å². The van der Waals surface area contributed by atoms with Crippen molar-refractivity contribution in [3.05, 3.63) is 60.2 Å². The number of methoxy groups -OCH3 is 1. The van der Waals surface area contributed by atoms with Crippen LogP contribution in [0, 0.1) is 5.92 Å². The number of phenolic OH excluding ortho intramolecular Hbond substituents is 1. The number of fused-ring (bicyclic) bond motifs is 1. The standard InChI is InChI=1S/C26H28O4/c1-29-26(28)14-10-18-9-13-25(30-17-19-5-2-3-6-19)23(15-18)21-11-12-22-20(16-21)7-4-8-24(22)27/h4,7-9,11-13,15-16,19,27H,2-3,5-6,10,14,17H2,1H3. The van der Waals surface area contributed by atoms with Gasteiger partial charge in [-0.15, -0.1) is 0 Å². The third kappa shape index (κ3) is 4.59. The fourth-order valence-corrected chi connectivity index (χ4v) is 4.25. The molecule has 4 rings (SSSR count). The van der Waals surface area contributed by atoms with Crippen LogP contribution in [0.4, 0.5) is 0 Å². The van der Waals surface area contributed by atoms with Crippen LogP contribution in [-0.4, -0.2) is 24.8 Å². The highest BCUT2D eigenvalue weighted by atomic mass is 16.5. The predicted molar refractivity (Wildman–Crippen MR) is 119 cm³/mol. The molecule has 0 spiro atoms. The molecule has 1 saturated carbocycles. The summed E-state index contributed by atoms with van der Waals surface area (Å²) >= 11 is 0. The SMILES string of the molecule is COC(=O)CCc1ccc(OCC2CCCC2)c(-c2ccc3c(O)cccc3c2)c1. The van der Waals surface area contributed by atoms with Crippen molar-refractivity contribution >= 4 is 16.7 Å². The number of ether oxygens (including phenoxy) is 2. The van der Waals surface area contributed by atoms with Crippen molar-refractivity contribution < 1.29 is 19.4 Å². The lowest BCUT2D eigenvalue weighted by Crippen LogP contribution is -2.09. The molecule has 0 aliphatic heterocycles. The van der Waals surface area contributed by atoms with Crippen LogP contribution in [0.3, 0.4) is 0 Å². The van der Waals surface area contributed by atoms with E-state index in [1.807, 2.05) is 36.4 Å². The zero-order valence-electron chi connectivity index (χ0n) is 17.4. The molecular weight excluding hydrogens is 376 g/mol. The summed E-state index contributed by atoms with van der Waals surface area (Å²) in [7, 11) is 1.41. The number of aryl methyl sites for hydroxylation is 1. The van der Waals surface area contributed by atoms with Crippen LogP contribution in [-0.2, 0) is 16.0 Å². The molecule has 0 aromatic heterocycles. The fourth-order valence-electron chi connectivity index (χ4n) is 4.25. The number of esters is 1. The summed E-state index contributed by atoms with van der Waals surface area (Å²) in [6, 6.07) is 17.8. The highest BCUT2D eigenvalue weighted by Crippen LogP contribution is 2.36. The molecular formula is C26H28O4. The second-order valence-electron chi connectivity index (χ2n) is 8.08. The smallest absolute Gasteiger partial charge is 0.305 e.